The fraction of sp³-hybridized carbons (Fsp3) is 0.857. The number of nitrogens with two attached hydrogens (primary N) is 1. The molecule has 4 N–H and O–H groups in total. The normalized spacial score (nSPS) is 24.8. The number of rotatable bonds is 5. The first-order valence-electron chi connectivity index (χ1n) is 7.36. The Balaban J connectivity index is 1.98. The molecule has 2 fully saturated rings. The summed E-state index contributed by atoms with van der Waals surface area (Å²) in [5, 5.41) is 15.1. The molecule has 5 nitrogen and oxygen atoms in total. The van der Waals surface area contributed by atoms with Gasteiger partial charge in [-0.25, -0.2) is 0 Å². The lowest BCUT2D eigenvalue weighted by molar-refractivity contribution is -0.129. The van der Waals surface area contributed by atoms with Gasteiger partial charge in [0.2, 0.25) is 5.91 Å². The van der Waals surface area contributed by atoms with Crippen molar-refractivity contribution in [1.29, 1.82) is 0 Å². The third kappa shape index (κ3) is 3.01. The molecule has 0 radical (unpaired) electrons. The zero-order valence-corrected chi connectivity index (χ0v) is 11.7. The van der Waals surface area contributed by atoms with Gasteiger partial charge in [0.05, 0.1) is 0 Å². The molecule has 0 aliphatic heterocycles. The minimum Gasteiger partial charge on any atom is -0.409 e. The lowest BCUT2D eigenvalue weighted by Crippen LogP contribution is -2.51. The molecule has 0 saturated heterocycles. The van der Waals surface area contributed by atoms with Crippen LogP contribution in [0.2, 0.25) is 0 Å². The molecule has 0 aromatic heterocycles. The van der Waals surface area contributed by atoms with Crippen LogP contribution in [0.15, 0.2) is 5.16 Å². The average Bonchev–Trinajstić information content (AvgIpc) is 3.28. The van der Waals surface area contributed by atoms with Gasteiger partial charge < -0.3 is 16.3 Å². The molecule has 0 heterocycles. The lowest BCUT2D eigenvalue weighted by Gasteiger charge is -2.34. The summed E-state index contributed by atoms with van der Waals surface area (Å²) in [4.78, 5) is 12.5. The van der Waals surface area contributed by atoms with Gasteiger partial charge in [0, 0.05) is 6.54 Å². The first-order chi connectivity index (χ1) is 9.10. The molecule has 2 rings (SSSR count). The number of nitrogens with zero attached hydrogens (tertiary/aromatic N) is 1. The number of carbonyl (C=O) groups excluding carboxylic acids is 1. The SMILES string of the molecule is CC(CNC(=O)C1(C(N)=NO)CCCCC1)C1CC1. The van der Waals surface area contributed by atoms with Gasteiger partial charge >= 0.3 is 0 Å². The Bertz CT molecular complexity index is 358. The maximum absolute atomic E-state index is 12.5. The van der Waals surface area contributed by atoms with Crippen molar-refractivity contribution in [2.75, 3.05) is 6.54 Å². The third-order valence-corrected chi connectivity index (χ3v) is 4.75. The van der Waals surface area contributed by atoms with Crippen LogP contribution in [-0.2, 0) is 4.79 Å². The topological polar surface area (TPSA) is 87.7 Å². The molecule has 5 heteroatoms. The summed E-state index contributed by atoms with van der Waals surface area (Å²) in [7, 11) is 0. The molecule has 2 saturated carbocycles. The highest BCUT2D eigenvalue weighted by Crippen LogP contribution is 2.38. The van der Waals surface area contributed by atoms with Crippen molar-refractivity contribution < 1.29 is 10.0 Å². The molecule has 0 aromatic rings. The van der Waals surface area contributed by atoms with Crippen LogP contribution in [0.3, 0.4) is 0 Å². The Hall–Kier alpha value is -1.26. The van der Waals surface area contributed by atoms with Crippen molar-refractivity contribution in [3.63, 3.8) is 0 Å². The van der Waals surface area contributed by atoms with Crippen LogP contribution >= 0.6 is 0 Å². The number of hydrogen-bond donors (Lipinski definition) is 3. The maximum Gasteiger partial charge on any atom is 0.233 e. The van der Waals surface area contributed by atoms with Gasteiger partial charge in [-0.3, -0.25) is 4.79 Å². The van der Waals surface area contributed by atoms with Crippen molar-refractivity contribution >= 4 is 11.7 Å². The second-order valence-electron chi connectivity index (χ2n) is 6.15. The molecule has 0 spiro atoms. The number of hydrogen-bond acceptors (Lipinski definition) is 3. The van der Waals surface area contributed by atoms with Gasteiger partial charge in [0.15, 0.2) is 5.84 Å². The van der Waals surface area contributed by atoms with Gasteiger partial charge in [0.1, 0.15) is 5.41 Å². The van der Waals surface area contributed by atoms with Crippen LogP contribution < -0.4 is 11.1 Å². The molecule has 1 amide bonds. The quantitative estimate of drug-likeness (QED) is 0.307. The minimum absolute atomic E-state index is 0.0602. The predicted octanol–water partition coefficient (Wildman–Crippen LogP) is 1.85. The number of oxime groups is 1. The molecule has 1 unspecified atom stereocenters. The van der Waals surface area contributed by atoms with E-state index in [9.17, 15) is 4.79 Å². The third-order valence-electron chi connectivity index (χ3n) is 4.75. The molecule has 108 valence electrons. The monoisotopic (exact) mass is 267 g/mol. The summed E-state index contributed by atoms with van der Waals surface area (Å²) in [6, 6.07) is 0. The van der Waals surface area contributed by atoms with Gasteiger partial charge in [0.25, 0.3) is 0 Å². The summed E-state index contributed by atoms with van der Waals surface area (Å²) in [5.41, 5.74) is 5.02. The van der Waals surface area contributed by atoms with Crippen LogP contribution in [0.25, 0.3) is 0 Å². The van der Waals surface area contributed by atoms with E-state index in [0.29, 0.717) is 25.3 Å². The molecular weight excluding hydrogens is 242 g/mol. The first kappa shape index (κ1) is 14.2. The number of amidine groups is 1. The minimum atomic E-state index is -0.781. The summed E-state index contributed by atoms with van der Waals surface area (Å²) < 4.78 is 0. The Kier molecular flexibility index (Phi) is 4.32. The van der Waals surface area contributed by atoms with Gasteiger partial charge in [-0.2, -0.15) is 0 Å². The first-order valence-corrected chi connectivity index (χ1v) is 7.36. The highest BCUT2D eigenvalue weighted by Gasteiger charge is 2.44. The second-order valence-corrected chi connectivity index (χ2v) is 6.15. The van der Waals surface area contributed by atoms with Gasteiger partial charge in [-0.1, -0.05) is 31.3 Å². The molecule has 19 heavy (non-hydrogen) atoms. The second kappa shape index (κ2) is 5.80. The molecule has 2 aliphatic carbocycles. The van der Waals surface area contributed by atoms with E-state index >= 15 is 0 Å². The van der Waals surface area contributed by atoms with Crippen molar-refractivity contribution in [2.24, 2.45) is 28.1 Å². The number of carbonyl (C=O) groups is 1. The van der Waals surface area contributed by atoms with Crippen molar-refractivity contribution in [2.45, 2.75) is 51.9 Å². The van der Waals surface area contributed by atoms with Crippen LogP contribution in [0.5, 0.6) is 0 Å². The molecule has 1 atom stereocenters. The summed E-state index contributed by atoms with van der Waals surface area (Å²) >= 11 is 0. The van der Waals surface area contributed by atoms with E-state index in [1.807, 2.05) is 0 Å². The zero-order valence-electron chi connectivity index (χ0n) is 11.7. The molecular formula is C14H25N3O2. The molecule has 0 bridgehead atoms. The van der Waals surface area contributed by atoms with Crippen LogP contribution in [0, 0.1) is 17.3 Å². The fourth-order valence-corrected chi connectivity index (χ4v) is 3.11. The Morgan fingerprint density at radius 2 is 2.05 bits per heavy atom. The maximum atomic E-state index is 12.5. The summed E-state index contributed by atoms with van der Waals surface area (Å²) in [5.74, 6) is 1.31. The Labute approximate surface area is 114 Å². The Morgan fingerprint density at radius 3 is 2.58 bits per heavy atom. The van der Waals surface area contributed by atoms with Crippen molar-refractivity contribution in [3.05, 3.63) is 0 Å². The van der Waals surface area contributed by atoms with E-state index in [1.165, 1.54) is 12.8 Å². The molecule has 2 aliphatic rings. The highest BCUT2D eigenvalue weighted by atomic mass is 16.4. The Morgan fingerprint density at radius 1 is 1.42 bits per heavy atom. The lowest BCUT2D eigenvalue weighted by atomic mass is 9.72. The van der Waals surface area contributed by atoms with E-state index in [0.717, 1.165) is 25.2 Å². The molecule has 0 aromatic carbocycles. The standard InChI is InChI=1S/C14H25N3O2/c1-10(11-5-6-11)9-16-13(18)14(12(15)17-19)7-3-2-4-8-14/h10-11,19H,2-9H2,1H3,(H2,15,17)(H,16,18). The van der Waals surface area contributed by atoms with Crippen LogP contribution in [0.4, 0.5) is 0 Å². The van der Waals surface area contributed by atoms with Crippen molar-refractivity contribution in [3.8, 4) is 0 Å². The van der Waals surface area contributed by atoms with E-state index < -0.39 is 5.41 Å². The van der Waals surface area contributed by atoms with E-state index in [-0.39, 0.29) is 11.7 Å². The smallest absolute Gasteiger partial charge is 0.233 e. The highest BCUT2D eigenvalue weighted by molar-refractivity contribution is 6.06. The van der Waals surface area contributed by atoms with Gasteiger partial charge in [-0.05, 0) is 37.5 Å². The summed E-state index contributed by atoms with van der Waals surface area (Å²) in [6.45, 7) is 2.87. The predicted molar refractivity (Wildman–Crippen MR) is 73.8 cm³/mol. The summed E-state index contributed by atoms with van der Waals surface area (Å²) in [6.07, 6.45) is 6.97. The average molecular weight is 267 g/mol. The zero-order chi connectivity index (χ0) is 13.9. The largest absolute Gasteiger partial charge is 0.409 e. The van der Waals surface area contributed by atoms with Crippen LogP contribution in [-0.4, -0.2) is 23.5 Å². The fourth-order valence-electron chi connectivity index (χ4n) is 3.11. The van der Waals surface area contributed by atoms with E-state index in [1.54, 1.807) is 0 Å². The van der Waals surface area contributed by atoms with Crippen molar-refractivity contribution in [1.82, 2.24) is 5.32 Å². The van der Waals surface area contributed by atoms with E-state index in [4.69, 9.17) is 10.9 Å². The van der Waals surface area contributed by atoms with Gasteiger partial charge in [-0.15, -0.1) is 0 Å². The number of amides is 1. The van der Waals surface area contributed by atoms with E-state index in [2.05, 4.69) is 17.4 Å². The van der Waals surface area contributed by atoms with Crippen LogP contribution in [0.1, 0.15) is 51.9 Å². The number of nitrogens with one attached hydrogen (secondary N) is 1.